The summed E-state index contributed by atoms with van der Waals surface area (Å²) in [6.45, 7) is 6.23. The van der Waals surface area contributed by atoms with Crippen LogP contribution in [-0.4, -0.2) is 24.5 Å². The Morgan fingerprint density at radius 2 is 1.56 bits per heavy atom. The maximum absolute atomic E-state index is 13.2. The average Bonchev–Trinajstić information content (AvgIpc) is 3.26. The largest absolute Gasteiger partial charge is 0.418 e. The van der Waals surface area contributed by atoms with E-state index in [1.165, 1.54) is 0 Å². The van der Waals surface area contributed by atoms with E-state index in [1.807, 2.05) is 42.5 Å². The Labute approximate surface area is 227 Å². The maximum atomic E-state index is 13.2. The van der Waals surface area contributed by atoms with Crippen LogP contribution >= 0.6 is 0 Å². The number of benzene rings is 3. The summed E-state index contributed by atoms with van der Waals surface area (Å²) in [6.07, 6.45) is 2.45. The zero-order valence-electron chi connectivity index (χ0n) is 21.7. The third-order valence-corrected chi connectivity index (χ3v) is 7.63. The monoisotopic (exact) mass is 540 g/mol. The highest BCUT2D eigenvalue weighted by Gasteiger charge is 2.21. The molecule has 0 atom stereocenters. The second-order valence-electron chi connectivity index (χ2n) is 10.1. The van der Waals surface area contributed by atoms with E-state index in [0.717, 1.165) is 11.1 Å². The summed E-state index contributed by atoms with van der Waals surface area (Å²) in [5.74, 6) is 0.237. The lowest BCUT2D eigenvalue weighted by atomic mass is 9.87. The molecule has 0 radical (unpaired) electrons. The third-order valence-electron chi connectivity index (χ3n) is 6.23. The summed E-state index contributed by atoms with van der Waals surface area (Å²) in [5.41, 5.74) is 3.99. The second-order valence-corrected chi connectivity index (χ2v) is 11.8. The molecule has 0 saturated heterocycles. The van der Waals surface area contributed by atoms with Crippen molar-refractivity contribution in [3.63, 3.8) is 0 Å². The molecule has 0 saturated carbocycles. The number of hydrogen-bond acceptors (Lipinski definition) is 5. The van der Waals surface area contributed by atoms with Gasteiger partial charge in [-0.25, -0.2) is 13.2 Å². The summed E-state index contributed by atoms with van der Waals surface area (Å²) in [7, 11) is -3.83. The van der Waals surface area contributed by atoms with Gasteiger partial charge in [-0.1, -0.05) is 63.2 Å². The van der Waals surface area contributed by atoms with E-state index in [9.17, 15) is 13.2 Å². The second kappa shape index (κ2) is 10.3. The van der Waals surface area contributed by atoms with Gasteiger partial charge in [0.2, 0.25) is 5.88 Å². The van der Waals surface area contributed by atoms with Gasteiger partial charge in [-0.2, -0.15) is 0 Å². The summed E-state index contributed by atoms with van der Waals surface area (Å²) in [4.78, 5) is 19.9. The van der Waals surface area contributed by atoms with Crippen LogP contribution in [0.5, 0.6) is 5.88 Å². The van der Waals surface area contributed by atoms with Gasteiger partial charge < -0.3 is 9.72 Å². The first kappa shape index (κ1) is 26.0. The first-order chi connectivity index (χ1) is 18.6. The summed E-state index contributed by atoms with van der Waals surface area (Å²) < 4.78 is 34.7. The summed E-state index contributed by atoms with van der Waals surface area (Å²) in [5, 5.41) is 3.37. The van der Waals surface area contributed by atoms with Crippen LogP contribution in [0.15, 0.2) is 102 Å². The normalized spacial score (nSPS) is 11.8. The number of H-pyrrole nitrogens is 1. The molecule has 9 heteroatoms. The number of carbonyl (C=O) groups excluding carboxylic acids is 1. The Balaban J connectivity index is 1.48. The Hall–Kier alpha value is -4.63. The van der Waals surface area contributed by atoms with E-state index in [1.54, 1.807) is 54.9 Å². The lowest BCUT2D eigenvalue weighted by Crippen LogP contribution is -2.17. The molecule has 0 spiro atoms. The van der Waals surface area contributed by atoms with Gasteiger partial charge in [0.1, 0.15) is 0 Å². The molecule has 0 bridgehead atoms. The van der Waals surface area contributed by atoms with Gasteiger partial charge in [0.25, 0.3) is 10.0 Å². The molecule has 5 rings (SSSR count). The number of ether oxygens (including phenoxy) is 1. The fraction of sp³-hybridized carbons (Fsp3) is 0.133. The lowest BCUT2D eigenvalue weighted by Gasteiger charge is -2.19. The Kier molecular flexibility index (Phi) is 6.84. The smallest absolute Gasteiger partial charge is 0.392 e. The zero-order chi connectivity index (χ0) is 27.6. The minimum atomic E-state index is -3.83. The minimum Gasteiger partial charge on any atom is -0.392 e. The number of rotatable bonds is 6. The molecule has 2 heterocycles. The van der Waals surface area contributed by atoms with Crippen molar-refractivity contribution in [1.29, 1.82) is 0 Å². The average molecular weight is 541 g/mol. The van der Waals surface area contributed by atoms with Crippen molar-refractivity contribution >= 4 is 38.4 Å². The molecule has 3 aromatic carbocycles. The topological polar surface area (TPSA) is 113 Å². The van der Waals surface area contributed by atoms with Crippen molar-refractivity contribution in [2.45, 2.75) is 31.1 Å². The van der Waals surface area contributed by atoms with Crippen LogP contribution in [0.2, 0.25) is 0 Å². The predicted octanol–water partition coefficient (Wildman–Crippen LogP) is 6.94. The van der Waals surface area contributed by atoms with Gasteiger partial charge in [0.15, 0.2) is 0 Å². The van der Waals surface area contributed by atoms with Crippen molar-refractivity contribution < 1.29 is 17.9 Å². The van der Waals surface area contributed by atoms with E-state index >= 15 is 0 Å². The van der Waals surface area contributed by atoms with Gasteiger partial charge >= 0.3 is 6.09 Å². The number of nitrogens with one attached hydrogen (secondary N) is 3. The number of hydrogen-bond donors (Lipinski definition) is 3. The number of amides is 1. The van der Waals surface area contributed by atoms with Crippen LogP contribution in [0.3, 0.4) is 0 Å². The number of aromatic nitrogens is 2. The minimum absolute atomic E-state index is 0.0855. The van der Waals surface area contributed by atoms with Gasteiger partial charge in [0, 0.05) is 34.7 Å². The van der Waals surface area contributed by atoms with Crippen LogP contribution in [-0.2, 0) is 15.4 Å². The van der Waals surface area contributed by atoms with E-state index in [2.05, 4.69) is 40.8 Å². The first-order valence-electron chi connectivity index (χ1n) is 12.3. The van der Waals surface area contributed by atoms with E-state index in [0.29, 0.717) is 27.8 Å². The molecule has 0 unspecified atom stereocenters. The van der Waals surface area contributed by atoms with Crippen molar-refractivity contribution in [2.75, 3.05) is 10.0 Å². The zero-order valence-corrected chi connectivity index (χ0v) is 22.5. The van der Waals surface area contributed by atoms with Crippen LogP contribution in [0, 0.1) is 0 Å². The van der Waals surface area contributed by atoms with Gasteiger partial charge in [0.05, 0.1) is 10.5 Å². The molecule has 8 nitrogen and oxygen atoms in total. The quantitative estimate of drug-likeness (QED) is 0.216. The molecule has 2 aromatic heterocycles. The highest BCUT2D eigenvalue weighted by molar-refractivity contribution is 7.92. The van der Waals surface area contributed by atoms with Crippen molar-refractivity contribution in [1.82, 2.24) is 9.97 Å². The number of fused-ring (bicyclic) bond motifs is 1. The summed E-state index contributed by atoms with van der Waals surface area (Å²) in [6, 6.07) is 24.8. The molecular weight excluding hydrogens is 512 g/mol. The molecule has 1 amide bonds. The number of anilines is 2. The Morgan fingerprint density at radius 3 is 2.23 bits per heavy atom. The number of pyridine rings is 1. The van der Waals surface area contributed by atoms with E-state index in [4.69, 9.17) is 4.74 Å². The highest BCUT2D eigenvalue weighted by atomic mass is 32.2. The third kappa shape index (κ3) is 5.78. The van der Waals surface area contributed by atoms with Crippen molar-refractivity contribution in [2.24, 2.45) is 0 Å². The molecule has 3 N–H and O–H groups in total. The number of nitrogens with zero attached hydrogens (tertiary/aromatic N) is 1. The molecule has 0 aliphatic carbocycles. The lowest BCUT2D eigenvalue weighted by molar-refractivity contribution is 0.214. The predicted molar refractivity (Wildman–Crippen MR) is 154 cm³/mol. The molecule has 5 aromatic rings. The number of sulfonamides is 1. The van der Waals surface area contributed by atoms with Gasteiger partial charge in [-0.15, -0.1) is 0 Å². The highest BCUT2D eigenvalue weighted by Crippen LogP contribution is 2.39. The Morgan fingerprint density at radius 1 is 0.872 bits per heavy atom. The first-order valence-corrected chi connectivity index (χ1v) is 13.8. The van der Waals surface area contributed by atoms with Crippen molar-refractivity contribution in [3.05, 3.63) is 103 Å². The molecule has 39 heavy (non-hydrogen) atoms. The van der Waals surface area contributed by atoms with Crippen LogP contribution in [0.4, 0.5) is 16.2 Å². The number of carbonyl (C=O) groups is 1. The van der Waals surface area contributed by atoms with Crippen LogP contribution < -0.4 is 14.8 Å². The molecule has 0 fully saturated rings. The molecular formula is C30H28N4O4S. The SMILES string of the molecule is CC(C)(C)c1ccc(S(=O)(=O)Nc2ccc3[nH]c(OC(=O)Nc4ccncc4)c(-c4ccccc4)c3c2)cc1. The maximum Gasteiger partial charge on any atom is 0.418 e. The molecule has 198 valence electrons. The van der Waals surface area contributed by atoms with Gasteiger partial charge in [-0.3, -0.25) is 15.0 Å². The standard InChI is InChI=1S/C30H28N4O4S/c1-30(2,3)21-9-12-24(13-10-21)39(36,37)34-23-11-14-26-25(19-23)27(20-7-5-4-6-8-20)28(33-26)38-29(35)32-22-15-17-31-18-16-22/h4-19,33-34H,1-3H3,(H,31,32,35). The van der Waals surface area contributed by atoms with E-state index in [-0.39, 0.29) is 16.2 Å². The Bertz CT molecular complexity index is 1730. The fourth-order valence-corrected chi connectivity index (χ4v) is 5.27. The molecule has 0 aliphatic heterocycles. The fourth-order valence-electron chi connectivity index (χ4n) is 4.22. The van der Waals surface area contributed by atoms with Crippen LogP contribution in [0.25, 0.3) is 22.0 Å². The summed E-state index contributed by atoms with van der Waals surface area (Å²) >= 11 is 0. The van der Waals surface area contributed by atoms with Crippen LogP contribution in [0.1, 0.15) is 26.3 Å². The van der Waals surface area contributed by atoms with E-state index < -0.39 is 16.1 Å². The number of aromatic amines is 1. The van der Waals surface area contributed by atoms with Crippen molar-refractivity contribution in [3.8, 4) is 17.0 Å². The molecule has 0 aliphatic rings. The van der Waals surface area contributed by atoms with Gasteiger partial charge in [-0.05, 0) is 59.0 Å².